The minimum atomic E-state index is -3.75. The van der Waals surface area contributed by atoms with E-state index in [1.807, 2.05) is 12.1 Å². The highest BCUT2D eigenvalue weighted by atomic mass is 32.2. The molecule has 0 unspecified atom stereocenters. The zero-order chi connectivity index (χ0) is 23.3. The molecule has 1 N–H and O–H groups in total. The molecule has 2 aromatic rings. The number of carbonyl (C=O) groups is 1. The van der Waals surface area contributed by atoms with Crippen LogP contribution in [0.5, 0.6) is 0 Å². The van der Waals surface area contributed by atoms with Gasteiger partial charge in [-0.1, -0.05) is 30.7 Å². The van der Waals surface area contributed by atoms with Gasteiger partial charge in [-0.15, -0.1) is 0 Å². The van der Waals surface area contributed by atoms with Crippen LogP contribution in [-0.2, 0) is 27.9 Å². The molecule has 178 valence electrons. The Labute approximate surface area is 195 Å². The lowest BCUT2D eigenvalue weighted by atomic mass is 9.98. The standard InChI is InChI=1S/C25H32FN3O3S/c26-23-10-12-24(13-11-23)33(31,32)29-16-4-5-22(19-29)25(30)27-17-20-6-8-21(9-7-20)18-28-14-2-1-3-15-28/h6-13,22H,1-5,14-19H2,(H,27,30)/t22-/m0/s1. The Hall–Kier alpha value is -2.29. The van der Waals surface area contributed by atoms with Gasteiger partial charge in [0.05, 0.1) is 10.8 Å². The number of rotatable bonds is 7. The van der Waals surface area contributed by atoms with E-state index in [1.165, 1.54) is 41.3 Å². The first-order valence-corrected chi connectivity index (χ1v) is 13.2. The lowest BCUT2D eigenvalue weighted by Gasteiger charge is -2.31. The third-order valence-electron chi connectivity index (χ3n) is 6.55. The second kappa shape index (κ2) is 10.8. The van der Waals surface area contributed by atoms with Crippen LogP contribution in [0.15, 0.2) is 53.4 Å². The fraction of sp³-hybridized carbons (Fsp3) is 0.480. The molecule has 0 aliphatic carbocycles. The third-order valence-corrected chi connectivity index (χ3v) is 8.43. The van der Waals surface area contributed by atoms with Gasteiger partial charge in [-0.25, -0.2) is 12.8 Å². The lowest BCUT2D eigenvalue weighted by Crippen LogP contribution is -2.45. The molecule has 2 aliphatic heterocycles. The number of nitrogens with zero attached hydrogens (tertiary/aromatic N) is 2. The molecular formula is C25H32FN3O3S. The Kier molecular flexibility index (Phi) is 7.78. The number of halogens is 1. The summed E-state index contributed by atoms with van der Waals surface area (Å²) in [6.45, 7) is 4.21. The number of amides is 1. The van der Waals surface area contributed by atoms with Crippen molar-refractivity contribution in [3.63, 3.8) is 0 Å². The van der Waals surface area contributed by atoms with E-state index in [4.69, 9.17) is 0 Å². The third kappa shape index (κ3) is 6.19. The first kappa shape index (κ1) is 23.9. The highest BCUT2D eigenvalue weighted by Gasteiger charge is 2.33. The van der Waals surface area contributed by atoms with Crippen LogP contribution in [0.4, 0.5) is 4.39 Å². The van der Waals surface area contributed by atoms with E-state index < -0.39 is 21.8 Å². The van der Waals surface area contributed by atoms with Crippen molar-refractivity contribution >= 4 is 15.9 Å². The SMILES string of the molecule is O=C(NCc1ccc(CN2CCCCC2)cc1)[C@H]1CCCN(S(=O)(=O)c2ccc(F)cc2)C1. The molecule has 1 atom stereocenters. The molecule has 8 heteroatoms. The fourth-order valence-corrected chi connectivity index (χ4v) is 6.13. The van der Waals surface area contributed by atoms with E-state index in [1.54, 1.807) is 0 Å². The average molecular weight is 474 g/mol. The van der Waals surface area contributed by atoms with Gasteiger partial charge in [0, 0.05) is 26.2 Å². The predicted octanol–water partition coefficient (Wildman–Crippen LogP) is 3.53. The van der Waals surface area contributed by atoms with E-state index in [0.29, 0.717) is 25.9 Å². The predicted molar refractivity (Wildman–Crippen MR) is 125 cm³/mol. The van der Waals surface area contributed by atoms with Gasteiger partial charge < -0.3 is 5.32 Å². The molecular weight excluding hydrogens is 441 g/mol. The van der Waals surface area contributed by atoms with E-state index in [-0.39, 0.29) is 17.3 Å². The quantitative estimate of drug-likeness (QED) is 0.668. The highest BCUT2D eigenvalue weighted by Crippen LogP contribution is 2.24. The minimum Gasteiger partial charge on any atom is -0.352 e. The highest BCUT2D eigenvalue weighted by molar-refractivity contribution is 7.89. The van der Waals surface area contributed by atoms with Crippen molar-refractivity contribution in [2.75, 3.05) is 26.2 Å². The van der Waals surface area contributed by atoms with Gasteiger partial charge in [0.15, 0.2) is 0 Å². The first-order chi connectivity index (χ1) is 15.9. The van der Waals surface area contributed by atoms with E-state index in [9.17, 15) is 17.6 Å². The van der Waals surface area contributed by atoms with Crippen LogP contribution in [0.2, 0.25) is 0 Å². The number of hydrogen-bond donors (Lipinski definition) is 1. The van der Waals surface area contributed by atoms with Crippen LogP contribution >= 0.6 is 0 Å². The molecule has 0 aromatic heterocycles. The maximum atomic E-state index is 13.2. The van der Waals surface area contributed by atoms with Gasteiger partial charge in [0.2, 0.25) is 15.9 Å². The summed E-state index contributed by atoms with van der Waals surface area (Å²) >= 11 is 0. The molecule has 2 fully saturated rings. The Morgan fingerprint density at radius 1 is 0.909 bits per heavy atom. The molecule has 4 rings (SSSR count). The molecule has 2 aliphatic rings. The smallest absolute Gasteiger partial charge is 0.243 e. The van der Waals surface area contributed by atoms with Gasteiger partial charge in [0.25, 0.3) is 0 Å². The summed E-state index contributed by atoms with van der Waals surface area (Å²) in [6, 6.07) is 13.1. The van der Waals surface area contributed by atoms with Crippen molar-refractivity contribution in [3.05, 3.63) is 65.5 Å². The number of likely N-dealkylation sites (tertiary alicyclic amines) is 1. The second-order valence-corrected chi connectivity index (χ2v) is 11.0. The molecule has 6 nitrogen and oxygen atoms in total. The number of benzene rings is 2. The maximum absolute atomic E-state index is 13.2. The van der Waals surface area contributed by atoms with Gasteiger partial charge in [-0.05, 0) is 74.2 Å². The van der Waals surface area contributed by atoms with Gasteiger partial charge in [-0.2, -0.15) is 4.31 Å². The molecule has 2 saturated heterocycles. The Bertz CT molecular complexity index is 1040. The number of hydrogen-bond acceptors (Lipinski definition) is 4. The van der Waals surface area contributed by atoms with Gasteiger partial charge in [0.1, 0.15) is 5.82 Å². The van der Waals surface area contributed by atoms with Crippen LogP contribution in [0.3, 0.4) is 0 Å². The Balaban J connectivity index is 1.29. The van der Waals surface area contributed by atoms with Gasteiger partial charge in [-0.3, -0.25) is 9.69 Å². The largest absolute Gasteiger partial charge is 0.352 e. The molecule has 2 heterocycles. The summed E-state index contributed by atoms with van der Waals surface area (Å²) in [7, 11) is -3.75. The number of piperidine rings is 2. The normalized spacial score (nSPS) is 20.5. The summed E-state index contributed by atoms with van der Waals surface area (Å²) in [5.41, 5.74) is 2.30. The fourth-order valence-electron chi connectivity index (χ4n) is 4.60. The van der Waals surface area contributed by atoms with Crippen molar-refractivity contribution in [1.29, 1.82) is 0 Å². The molecule has 2 aromatic carbocycles. The number of nitrogens with one attached hydrogen (secondary N) is 1. The molecule has 0 radical (unpaired) electrons. The maximum Gasteiger partial charge on any atom is 0.243 e. The molecule has 0 saturated carbocycles. The van der Waals surface area contributed by atoms with Crippen LogP contribution in [0.25, 0.3) is 0 Å². The molecule has 0 spiro atoms. The lowest BCUT2D eigenvalue weighted by molar-refractivity contribution is -0.126. The zero-order valence-corrected chi connectivity index (χ0v) is 19.7. The summed E-state index contributed by atoms with van der Waals surface area (Å²) in [5.74, 6) is -1.01. The van der Waals surface area contributed by atoms with Gasteiger partial charge >= 0.3 is 0 Å². The van der Waals surface area contributed by atoms with E-state index in [0.717, 1.165) is 37.3 Å². The average Bonchev–Trinajstić information content (AvgIpc) is 2.84. The van der Waals surface area contributed by atoms with Crippen LogP contribution in [-0.4, -0.2) is 49.7 Å². The molecule has 1 amide bonds. The number of carbonyl (C=O) groups excluding carboxylic acids is 1. The minimum absolute atomic E-state index is 0.0506. The first-order valence-electron chi connectivity index (χ1n) is 11.8. The van der Waals surface area contributed by atoms with Crippen LogP contribution in [0.1, 0.15) is 43.2 Å². The van der Waals surface area contributed by atoms with Crippen molar-refractivity contribution in [2.45, 2.75) is 50.1 Å². The van der Waals surface area contributed by atoms with E-state index in [2.05, 4.69) is 22.3 Å². The van der Waals surface area contributed by atoms with Crippen molar-refractivity contribution < 1.29 is 17.6 Å². The monoisotopic (exact) mass is 473 g/mol. The summed E-state index contributed by atoms with van der Waals surface area (Å²) < 4.78 is 40.3. The topological polar surface area (TPSA) is 69.7 Å². The Morgan fingerprint density at radius 2 is 1.58 bits per heavy atom. The van der Waals surface area contributed by atoms with Crippen molar-refractivity contribution in [2.24, 2.45) is 5.92 Å². The summed E-state index contributed by atoms with van der Waals surface area (Å²) in [4.78, 5) is 15.3. The van der Waals surface area contributed by atoms with Crippen LogP contribution < -0.4 is 5.32 Å². The second-order valence-electron chi connectivity index (χ2n) is 9.03. The summed E-state index contributed by atoms with van der Waals surface area (Å²) in [5, 5.41) is 2.97. The zero-order valence-electron chi connectivity index (χ0n) is 18.9. The number of sulfonamides is 1. The van der Waals surface area contributed by atoms with Crippen LogP contribution in [0, 0.1) is 11.7 Å². The Morgan fingerprint density at radius 3 is 2.27 bits per heavy atom. The van der Waals surface area contributed by atoms with Crippen molar-refractivity contribution in [1.82, 2.24) is 14.5 Å². The van der Waals surface area contributed by atoms with E-state index >= 15 is 0 Å². The molecule has 33 heavy (non-hydrogen) atoms. The molecule has 0 bridgehead atoms. The van der Waals surface area contributed by atoms with Crippen molar-refractivity contribution in [3.8, 4) is 0 Å². The summed E-state index contributed by atoms with van der Waals surface area (Å²) in [6.07, 6.45) is 5.13.